The molecule has 14 heavy (non-hydrogen) atoms. The first-order valence-corrected chi connectivity index (χ1v) is 5.86. The molecule has 0 aromatic carbocycles. The summed E-state index contributed by atoms with van der Waals surface area (Å²) in [6.45, 7) is 0.704. The molecule has 1 aliphatic carbocycles. The molecule has 0 saturated carbocycles. The number of carbonyl (C=O) groups is 1. The highest BCUT2D eigenvalue weighted by atomic mass is 32.1. The minimum Gasteiger partial charge on any atom is -0.358 e. The largest absolute Gasteiger partial charge is 0.358 e. The van der Waals surface area contributed by atoms with Crippen molar-refractivity contribution in [2.45, 2.75) is 32.1 Å². The maximum Gasteiger partial charge on any atom is 0.207 e. The van der Waals surface area contributed by atoms with Crippen molar-refractivity contribution in [3.05, 3.63) is 15.6 Å². The van der Waals surface area contributed by atoms with Crippen molar-refractivity contribution in [2.24, 2.45) is 0 Å². The first kappa shape index (κ1) is 9.65. The highest BCUT2D eigenvalue weighted by Gasteiger charge is 2.14. The lowest BCUT2D eigenvalue weighted by Gasteiger charge is -2.06. The van der Waals surface area contributed by atoms with Gasteiger partial charge in [-0.15, -0.1) is 11.3 Å². The summed E-state index contributed by atoms with van der Waals surface area (Å²) in [6.07, 6.45) is 6.55. The number of thiazole rings is 1. The maximum absolute atomic E-state index is 10.1. The average Bonchev–Trinajstić information content (AvgIpc) is 2.60. The molecule has 0 bridgehead atoms. The second kappa shape index (κ2) is 4.55. The lowest BCUT2D eigenvalue weighted by atomic mass is 10.0. The smallest absolute Gasteiger partial charge is 0.207 e. The maximum atomic E-state index is 10.1. The van der Waals surface area contributed by atoms with E-state index in [0.29, 0.717) is 6.54 Å². The van der Waals surface area contributed by atoms with Crippen LogP contribution in [0.3, 0.4) is 0 Å². The zero-order valence-corrected chi connectivity index (χ0v) is 8.90. The second-order valence-corrected chi connectivity index (χ2v) is 4.67. The van der Waals surface area contributed by atoms with Crippen LogP contribution in [0, 0.1) is 0 Å². The predicted molar refractivity (Wildman–Crippen MR) is 56.5 cm³/mol. The minimum absolute atomic E-state index is 0.704. The van der Waals surface area contributed by atoms with Crippen molar-refractivity contribution < 1.29 is 4.79 Å². The predicted octanol–water partition coefficient (Wildman–Crippen LogP) is 1.31. The van der Waals surface area contributed by atoms with Crippen molar-refractivity contribution in [1.82, 2.24) is 10.3 Å². The monoisotopic (exact) mass is 210 g/mol. The van der Waals surface area contributed by atoms with Crippen molar-refractivity contribution >= 4 is 17.7 Å². The summed E-state index contributed by atoms with van der Waals surface area (Å²) in [5.74, 6) is 0. The van der Waals surface area contributed by atoms with Gasteiger partial charge in [-0.1, -0.05) is 0 Å². The number of amides is 1. The molecule has 0 spiro atoms. The van der Waals surface area contributed by atoms with Gasteiger partial charge in [-0.25, -0.2) is 4.98 Å². The second-order valence-electron chi connectivity index (χ2n) is 3.51. The lowest BCUT2D eigenvalue weighted by molar-refractivity contribution is -0.109. The van der Waals surface area contributed by atoms with Gasteiger partial charge >= 0.3 is 0 Å². The summed E-state index contributed by atoms with van der Waals surface area (Å²) in [4.78, 5) is 16.1. The zero-order chi connectivity index (χ0) is 9.80. The van der Waals surface area contributed by atoms with Crippen LogP contribution in [0.1, 0.15) is 28.4 Å². The molecular weight excluding hydrogens is 196 g/mol. The van der Waals surface area contributed by atoms with Crippen molar-refractivity contribution in [3.63, 3.8) is 0 Å². The van der Waals surface area contributed by atoms with Gasteiger partial charge in [0.15, 0.2) is 0 Å². The molecule has 0 atom stereocenters. The van der Waals surface area contributed by atoms with E-state index in [1.165, 1.54) is 34.8 Å². The Hall–Kier alpha value is -0.900. The number of nitrogens with zero attached hydrogens (tertiary/aromatic N) is 1. The van der Waals surface area contributed by atoms with Gasteiger partial charge in [0, 0.05) is 17.8 Å². The molecule has 1 amide bonds. The fourth-order valence-electron chi connectivity index (χ4n) is 1.75. The molecule has 3 nitrogen and oxygen atoms in total. The van der Waals surface area contributed by atoms with Crippen LogP contribution in [-0.2, 0) is 24.1 Å². The van der Waals surface area contributed by atoms with Gasteiger partial charge in [0.05, 0.1) is 10.7 Å². The fourth-order valence-corrected chi connectivity index (χ4v) is 2.91. The molecule has 1 N–H and O–H groups in total. The van der Waals surface area contributed by atoms with Gasteiger partial charge < -0.3 is 5.32 Å². The van der Waals surface area contributed by atoms with Gasteiger partial charge in [0.2, 0.25) is 6.41 Å². The molecule has 0 aliphatic heterocycles. The normalized spacial score (nSPS) is 14.9. The summed E-state index contributed by atoms with van der Waals surface area (Å²) in [6, 6.07) is 0. The molecule has 1 aromatic rings. The topological polar surface area (TPSA) is 42.0 Å². The number of rotatable bonds is 4. The van der Waals surface area contributed by atoms with Crippen LogP contribution in [0.4, 0.5) is 0 Å². The van der Waals surface area contributed by atoms with E-state index in [0.717, 1.165) is 19.3 Å². The van der Waals surface area contributed by atoms with Crippen LogP contribution in [0.15, 0.2) is 0 Å². The van der Waals surface area contributed by atoms with E-state index in [1.54, 1.807) is 0 Å². The Morgan fingerprint density at radius 1 is 1.43 bits per heavy atom. The van der Waals surface area contributed by atoms with E-state index in [9.17, 15) is 4.79 Å². The van der Waals surface area contributed by atoms with Crippen LogP contribution >= 0.6 is 11.3 Å². The highest BCUT2D eigenvalue weighted by molar-refractivity contribution is 7.11. The Morgan fingerprint density at radius 2 is 2.29 bits per heavy atom. The van der Waals surface area contributed by atoms with Crippen LogP contribution < -0.4 is 5.32 Å². The van der Waals surface area contributed by atoms with Crippen LogP contribution in [0.25, 0.3) is 0 Å². The molecule has 2 rings (SSSR count). The number of nitrogens with one attached hydrogen (secondary N) is 1. The Kier molecular flexibility index (Phi) is 3.14. The summed E-state index contributed by atoms with van der Waals surface area (Å²) < 4.78 is 0. The first-order chi connectivity index (χ1) is 6.90. The highest BCUT2D eigenvalue weighted by Crippen LogP contribution is 2.26. The van der Waals surface area contributed by atoms with Gasteiger partial charge in [0.1, 0.15) is 0 Å². The van der Waals surface area contributed by atoms with E-state index < -0.39 is 0 Å². The lowest BCUT2D eigenvalue weighted by Crippen LogP contribution is -2.14. The molecule has 1 aliphatic rings. The minimum atomic E-state index is 0.704. The average molecular weight is 210 g/mol. The Bertz CT molecular complexity index is 298. The van der Waals surface area contributed by atoms with Crippen LogP contribution in [-0.4, -0.2) is 17.9 Å². The number of aromatic nitrogens is 1. The molecule has 1 heterocycles. The third-order valence-electron chi connectivity index (χ3n) is 2.46. The Morgan fingerprint density at radius 3 is 3.07 bits per heavy atom. The van der Waals surface area contributed by atoms with Gasteiger partial charge in [-0.05, 0) is 25.7 Å². The van der Waals surface area contributed by atoms with Crippen molar-refractivity contribution in [1.29, 1.82) is 0 Å². The number of carbonyl (C=O) groups excluding carboxylic acids is 1. The summed E-state index contributed by atoms with van der Waals surface area (Å²) in [5, 5.41) is 3.84. The SMILES string of the molecule is O=CNCCc1nc2c(s1)CCCC2. The molecule has 0 saturated heterocycles. The molecular formula is C10H14N2OS. The summed E-state index contributed by atoms with van der Waals surface area (Å²) in [7, 11) is 0. The van der Waals surface area contributed by atoms with E-state index in [1.807, 2.05) is 11.3 Å². The van der Waals surface area contributed by atoms with Gasteiger partial charge in [-0.3, -0.25) is 4.79 Å². The van der Waals surface area contributed by atoms with Gasteiger partial charge in [0.25, 0.3) is 0 Å². The third-order valence-corrected chi connectivity index (χ3v) is 3.67. The molecule has 4 heteroatoms. The van der Waals surface area contributed by atoms with E-state index in [4.69, 9.17) is 0 Å². The number of fused-ring (bicyclic) bond motifs is 1. The molecule has 76 valence electrons. The van der Waals surface area contributed by atoms with Crippen LogP contribution in [0.2, 0.25) is 0 Å². The van der Waals surface area contributed by atoms with Crippen LogP contribution in [0.5, 0.6) is 0 Å². The number of aryl methyl sites for hydroxylation is 2. The summed E-state index contributed by atoms with van der Waals surface area (Å²) >= 11 is 1.82. The first-order valence-electron chi connectivity index (χ1n) is 5.04. The third kappa shape index (κ3) is 2.12. The van der Waals surface area contributed by atoms with Crippen molar-refractivity contribution in [2.75, 3.05) is 6.54 Å². The van der Waals surface area contributed by atoms with Gasteiger partial charge in [-0.2, -0.15) is 0 Å². The number of hydrogen-bond donors (Lipinski definition) is 1. The fraction of sp³-hybridized carbons (Fsp3) is 0.600. The molecule has 0 unspecified atom stereocenters. The number of hydrogen-bond acceptors (Lipinski definition) is 3. The molecule has 0 fully saturated rings. The van der Waals surface area contributed by atoms with E-state index in [2.05, 4.69) is 10.3 Å². The van der Waals surface area contributed by atoms with E-state index >= 15 is 0 Å². The van der Waals surface area contributed by atoms with E-state index in [-0.39, 0.29) is 0 Å². The molecule has 0 radical (unpaired) electrons. The Balaban J connectivity index is 1.97. The Labute approximate surface area is 87.6 Å². The van der Waals surface area contributed by atoms with Crippen molar-refractivity contribution in [3.8, 4) is 0 Å². The molecule has 1 aromatic heterocycles. The quantitative estimate of drug-likeness (QED) is 0.601. The summed E-state index contributed by atoms with van der Waals surface area (Å²) in [5.41, 5.74) is 1.31. The zero-order valence-electron chi connectivity index (χ0n) is 8.08. The standard InChI is InChI=1S/C10H14N2OS/c13-7-11-6-5-10-12-8-3-1-2-4-9(8)14-10/h7H,1-6H2,(H,11,13).